The molecule has 0 bridgehead atoms. The molecule has 158 valence electrons. The second-order valence-electron chi connectivity index (χ2n) is 7.44. The molecule has 0 unspecified atom stereocenters. The van der Waals surface area contributed by atoms with Crippen LogP contribution < -0.4 is 9.64 Å². The fraction of sp³-hybridized carbons (Fsp3) is 0.333. The van der Waals surface area contributed by atoms with E-state index in [9.17, 15) is 13.2 Å². The van der Waals surface area contributed by atoms with Crippen LogP contribution in [0.25, 0.3) is 0 Å². The van der Waals surface area contributed by atoms with E-state index >= 15 is 0 Å². The molecule has 0 aromatic heterocycles. The van der Waals surface area contributed by atoms with Crippen molar-refractivity contribution >= 4 is 50.0 Å². The van der Waals surface area contributed by atoms with Crippen molar-refractivity contribution < 1.29 is 17.9 Å². The van der Waals surface area contributed by atoms with Crippen LogP contribution in [-0.4, -0.2) is 49.4 Å². The van der Waals surface area contributed by atoms with Crippen molar-refractivity contribution in [2.75, 3.05) is 23.5 Å². The minimum atomic E-state index is -3.13. The fourth-order valence-electron chi connectivity index (χ4n) is 3.81. The summed E-state index contributed by atoms with van der Waals surface area (Å²) in [6.07, 6.45) is 0.191. The Bertz CT molecular complexity index is 1130. The number of hydrogen-bond donors (Lipinski definition) is 0. The van der Waals surface area contributed by atoms with Gasteiger partial charge in [0.1, 0.15) is 5.75 Å². The van der Waals surface area contributed by atoms with Crippen molar-refractivity contribution in [3.05, 3.63) is 58.6 Å². The van der Waals surface area contributed by atoms with Crippen LogP contribution in [0.1, 0.15) is 11.1 Å². The van der Waals surface area contributed by atoms with Crippen LogP contribution in [-0.2, 0) is 21.1 Å². The number of aryl methyl sites for hydroxylation is 1. The van der Waals surface area contributed by atoms with Gasteiger partial charge in [-0.25, -0.2) is 8.42 Å². The SMILES string of the molecule is COc1ccc(N2C(=NC(=O)Cc3cccc(C)c3)S[C@@H]3CS(=O)(=O)C[C@H]32)cc1Cl. The molecule has 4 rings (SSSR count). The number of benzene rings is 2. The van der Waals surface area contributed by atoms with Crippen LogP contribution in [0.4, 0.5) is 5.69 Å². The first-order valence-electron chi connectivity index (χ1n) is 9.42. The van der Waals surface area contributed by atoms with Crippen molar-refractivity contribution in [2.45, 2.75) is 24.6 Å². The third-order valence-corrected chi connectivity index (χ3v) is 8.64. The summed E-state index contributed by atoms with van der Waals surface area (Å²) in [5.41, 5.74) is 2.67. The molecule has 2 aliphatic heterocycles. The summed E-state index contributed by atoms with van der Waals surface area (Å²) in [6.45, 7) is 1.98. The van der Waals surface area contributed by atoms with Crippen molar-refractivity contribution in [2.24, 2.45) is 4.99 Å². The van der Waals surface area contributed by atoms with E-state index < -0.39 is 9.84 Å². The highest BCUT2D eigenvalue weighted by Crippen LogP contribution is 2.42. The number of sulfone groups is 1. The Morgan fingerprint density at radius 3 is 2.77 bits per heavy atom. The fourth-order valence-corrected chi connectivity index (χ4v) is 8.00. The van der Waals surface area contributed by atoms with E-state index in [4.69, 9.17) is 16.3 Å². The highest BCUT2D eigenvalue weighted by Gasteiger charge is 2.49. The van der Waals surface area contributed by atoms with E-state index in [1.54, 1.807) is 18.2 Å². The van der Waals surface area contributed by atoms with Gasteiger partial charge in [-0.15, -0.1) is 0 Å². The van der Waals surface area contributed by atoms with Crippen LogP contribution in [0.5, 0.6) is 5.75 Å². The van der Waals surface area contributed by atoms with Crippen molar-refractivity contribution in [3.63, 3.8) is 0 Å². The van der Waals surface area contributed by atoms with Crippen LogP contribution in [0.15, 0.2) is 47.5 Å². The number of methoxy groups -OCH3 is 1. The second-order valence-corrected chi connectivity index (χ2v) is 11.2. The number of aliphatic imine (C=N–C) groups is 1. The molecule has 0 N–H and O–H groups in total. The molecule has 2 heterocycles. The number of amides is 1. The van der Waals surface area contributed by atoms with Crippen LogP contribution in [0, 0.1) is 6.92 Å². The van der Waals surface area contributed by atoms with Gasteiger partial charge in [0.2, 0.25) is 0 Å². The Kier molecular flexibility index (Phi) is 5.83. The lowest BCUT2D eigenvalue weighted by Gasteiger charge is -2.25. The maximum atomic E-state index is 12.7. The number of hydrogen-bond acceptors (Lipinski definition) is 5. The number of carbonyl (C=O) groups excluding carboxylic acids is 1. The normalized spacial score (nSPS) is 23.6. The van der Waals surface area contributed by atoms with Gasteiger partial charge in [-0.1, -0.05) is 53.2 Å². The molecular formula is C21H21ClN2O4S2. The number of fused-ring (bicyclic) bond motifs is 1. The lowest BCUT2D eigenvalue weighted by molar-refractivity contribution is -0.117. The van der Waals surface area contributed by atoms with E-state index in [2.05, 4.69) is 4.99 Å². The first kappa shape index (κ1) is 21.2. The molecule has 30 heavy (non-hydrogen) atoms. The van der Waals surface area contributed by atoms with E-state index in [0.29, 0.717) is 21.6 Å². The van der Waals surface area contributed by atoms with Gasteiger partial charge >= 0.3 is 0 Å². The molecule has 2 aromatic carbocycles. The van der Waals surface area contributed by atoms with Gasteiger partial charge in [-0.2, -0.15) is 4.99 Å². The van der Waals surface area contributed by atoms with Gasteiger partial charge in [0.15, 0.2) is 15.0 Å². The Labute approximate surface area is 185 Å². The van der Waals surface area contributed by atoms with Crippen molar-refractivity contribution in [1.82, 2.24) is 0 Å². The minimum absolute atomic E-state index is 0.0272. The standard InChI is InChI=1S/C21H21ClN2O4S2/c1-13-4-3-5-14(8-13)9-20(25)23-21-24(15-6-7-18(28-2)16(22)10-15)17-11-30(26,27)12-19(17)29-21/h3-8,10,17,19H,9,11-12H2,1-2H3/t17-,19-/m1/s1. The predicted molar refractivity (Wildman–Crippen MR) is 122 cm³/mol. The van der Waals surface area contributed by atoms with Crippen molar-refractivity contribution in [3.8, 4) is 5.75 Å². The largest absolute Gasteiger partial charge is 0.495 e. The Morgan fingerprint density at radius 1 is 1.27 bits per heavy atom. The Morgan fingerprint density at radius 2 is 2.07 bits per heavy atom. The number of amidine groups is 1. The van der Waals surface area contributed by atoms with Crippen LogP contribution in [0.2, 0.25) is 5.02 Å². The molecule has 0 aliphatic carbocycles. The molecule has 2 saturated heterocycles. The smallest absolute Gasteiger partial charge is 0.252 e. The van der Waals surface area contributed by atoms with Gasteiger partial charge in [-0.3, -0.25) is 4.79 Å². The molecule has 2 atom stereocenters. The number of anilines is 1. The molecule has 6 nitrogen and oxygen atoms in total. The molecule has 0 saturated carbocycles. The molecule has 9 heteroatoms. The first-order chi connectivity index (χ1) is 14.3. The number of ether oxygens (including phenoxy) is 1. The Balaban J connectivity index is 1.66. The number of rotatable bonds is 4. The molecule has 0 spiro atoms. The molecule has 0 radical (unpaired) electrons. The third-order valence-electron chi connectivity index (χ3n) is 5.14. The van der Waals surface area contributed by atoms with E-state index in [1.807, 2.05) is 36.1 Å². The summed E-state index contributed by atoms with van der Waals surface area (Å²) >= 11 is 7.64. The second kappa shape index (κ2) is 8.24. The lowest BCUT2D eigenvalue weighted by atomic mass is 10.1. The monoisotopic (exact) mass is 464 g/mol. The van der Waals surface area contributed by atoms with Crippen molar-refractivity contribution in [1.29, 1.82) is 0 Å². The predicted octanol–water partition coefficient (Wildman–Crippen LogP) is 3.50. The maximum absolute atomic E-state index is 12.7. The van der Waals surface area contributed by atoms with Gasteiger partial charge in [0.05, 0.1) is 36.1 Å². The summed E-state index contributed by atoms with van der Waals surface area (Å²) in [4.78, 5) is 18.9. The average molecular weight is 465 g/mol. The maximum Gasteiger partial charge on any atom is 0.252 e. The number of nitrogens with zero attached hydrogens (tertiary/aromatic N) is 2. The van der Waals surface area contributed by atoms with E-state index in [1.165, 1.54) is 18.9 Å². The summed E-state index contributed by atoms with van der Waals surface area (Å²) in [7, 11) is -1.60. The van der Waals surface area contributed by atoms with Gasteiger partial charge in [0, 0.05) is 10.9 Å². The highest BCUT2D eigenvalue weighted by molar-refractivity contribution is 8.16. The Hall–Kier alpha value is -2.03. The highest BCUT2D eigenvalue weighted by atomic mass is 35.5. The number of thioether (sulfide) groups is 1. The zero-order chi connectivity index (χ0) is 21.5. The molecule has 2 aliphatic rings. The number of carbonyl (C=O) groups is 1. The minimum Gasteiger partial charge on any atom is -0.495 e. The summed E-state index contributed by atoms with van der Waals surface area (Å²) in [5.74, 6) is 0.361. The van der Waals surface area contributed by atoms with Gasteiger partial charge < -0.3 is 9.64 Å². The average Bonchev–Trinajstić information content (AvgIpc) is 3.12. The van der Waals surface area contributed by atoms with Gasteiger partial charge in [-0.05, 0) is 30.7 Å². The molecular weight excluding hydrogens is 444 g/mol. The lowest BCUT2D eigenvalue weighted by Crippen LogP contribution is -2.37. The topological polar surface area (TPSA) is 76.0 Å². The summed E-state index contributed by atoms with van der Waals surface area (Å²) in [5, 5.41) is 0.759. The summed E-state index contributed by atoms with van der Waals surface area (Å²) in [6, 6.07) is 12.7. The molecule has 1 amide bonds. The van der Waals surface area contributed by atoms with Gasteiger partial charge in [0.25, 0.3) is 5.91 Å². The number of halogens is 1. The zero-order valence-electron chi connectivity index (χ0n) is 16.5. The quantitative estimate of drug-likeness (QED) is 0.689. The molecule has 2 fully saturated rings. The third kappa shape index (κ3) is 4.36. The summed E-state index contributed by atoms with van der Waals surface area (Å²) < 4.78 is 29.6. The first-order valence-corrected chi connectivity index (χ1v) is 12.5. The van der Waals surface area contributed by atoms with E-state index in [0.717, 1.165) is 11.1 Å². The zero-order valence-corrected chi connectivity index (χ0v) is 18.9. The van der Waals surface area contributed by atoms with Crippen LogP contribution >= 0.6 is 23.4 Å². The molecule has 2 aromatic rings. The van der Waals surface area contributed by atoms with E-state index in [-0.39, 0.29) is 35.1 Å². The van der Waals surface area contributed by atoms with Crippen LogP contribution in [0.3, 0.4) is 0 Å².